The van der Waals surface area contributed by atoms with E-state index in [0.29, 0.717) is 0 Å². The summed E-state index contributed by atoms with van der Waals surface area (Å²) in [6.45, 7) is 0. The van der Waals surface area contributed by atoms with Gasteiger partial charge in [-0.05, 0) is 0 Å². The topological polar surface area (TPSA) is 14.1 Å². The summed E-state index contributed by atoms with van der Waals surface area (Å²) in [4.78, 5) is 0. The van der Waals surface area contributed by atoms with E-state index in [1.165, 1.54) is 0 Å². The maximum Gasteiger partial charge on any atom is 0.422 e. The molecule has 0 heterocycles. The lowest BCUT2D eigenvalue weighted by atomic mass is 10.3. The van der Waals surface area contributed by atoms with Crippen molar-refractivity contribution in [1.82, 2.24) is 4.04 Å². The van der Waals surface area contributed by atoms with Gasteiger partial charge in [0.25, 0.3) is 8.67 Å². The van der Waals surface area contributed by atoms with Crippen molar-refractivity contribution in [3.63, 3.8) is 0 Å². The standard InChI is InChI=1S/C5Cl6NS/c6-1-2(7)5(10,11)3(12-13)4(1,8)9/q+1. The molecule has 0 aliphatic heterocycles. The minimum Gasteiger partial charge on any atom is -0.0838 e. The summed E-state index contributed by atoms with van der Waals surface area (Å²) in [6.07, 6.45) is 0. The van der Waals surface area contributed by atoms with Crippen LogP contribution in [0.4, 0.5) is 0 Å². The molecule has 1 nitrogen and oxygen atoms in total. The Labute approximate surface area is 110 Å². The summed E-state index contributed by atoms with van der Waals surface area (Å²) in [6, 6.07) is 0. The van der Waals surface area contributed by atoms with Crippen molar-refractivity contribution in [1.29, 1.82) is 0 Å². The zero-order valence-corrected chi connectivity index (χ0v) is 11.0. The lowest BCUT2D eigenvalue weighted by Gasteiger charge is -2.08. The third-order valence-corrected chi connectivity index (χ3v) is 4.51. The normalized spacial score (nSPS) is 24.9. The highest BCUT2D eigenvalue weighted by molar-refractivity contribution is 7.46. The van der Waals surface area contributed by atoms with E-state index < -0.39 is 8.67 Å². The van der Waals surface area contributed by atoms with Gasteiger partial charge in [0, 0.05) is 4.04 Å². The summed E-state index contributed by atoms with van der Waals surface area (Å²) in [5, 5.41) is -0.155. The van der Waals surface area contributed by atoms with Gasteiger partial charge in [-0.25, -0.2) is 0 Å². The van der Waals surface area contributed by atoms with E-state index in [2.05, 4.69) is 16.5 Å². The van der Waals surface area contributed by atoms with Crippen molar-refractivity contribution in [2.75, 3.05) is 0 Å². The van der Waals surface area contributed by atoms with Gasteiger partial charge in [-0.3, -0.25) is 0 Å². The van der Waals surface area contributed by atoms with Crippen molar-refractivity contribution in [3.05, 3.63) is 10.1 Å². The van der Waals surface area contributed by atoms with E-state index in [4.69, 9.17) is 69.6 Å². The van der Waals surface area contributed by atoms with Gasteiger partial charge in [-0.1, -0.05) is 69.6 Å². The molecule has 0 bridgehead atoms. The average Bonchev–Trinajstić information content (AvgIpc) is 2.10. The zero-order valence-electron chi connectivity index (χ0n) is 5.62. The first-order valence-corrected chi connectivity index (χ1v) is 5.42. The molecule has 0 spiro atoms. The minimum atomic E-state index is -1.64. The van der Waals surface area contributed by atoms with Gasteiger partial charge in [0.2, 0.25) is 0 Å². The molecule has 1 aliphatic rings. The fourth-order valence-electron chi connectivity index (χ4n) is 0.795. The molecule has 0 aromatic carbocycles. The molecule has 0 atom stereocenters. The predicted octanol–water partition coefficient (Wildman–Crippen LogP) is 3.28. The predicted molar refractivity (Wildman–Crippen MR) is 62.1 cm³/mol. The van der Waals surface area contributed by atoms with E-state index in [9.17, 15) is 0 Å². The second kappa shape index (κ2) is 3.70. The van der Waals surface area contributed by atoms with Crippen LogP contribution >= 0.6 is 69.6 Å². The summed E-state index contributed by atoms with van der Waals surface area (Å²) >= 11 is 39.0. The molecule has 0 N–H and O–H groups in total. The fraction of sp³-hybridized carbons (Fsp3) is 0.400. The SMILES string of the molecule is S=[N+]=C1C(Cl)(Cl)C(Cl)=C(Cl)C1(Cl)Cl. The first-order chi connectivity index (χ1) is 5.76. The Morgan fingerprint density at radius 1 is 0.923 bits per heavy atom. The first kappa shape index (κ1) is 12.4. The number of alkyl halides is 4. The Morgan fingerprint density at radius 2 is 1.23 bits per heavy atom. The molecule has 0 amide bonds. The number of nitrogens with zero attached hydrogens (tertiary/aromatic N) is 1. The van der Waals surface area contributed by atoms with Crippen molar-refractivity contribution in [3.8, 4) is 0 Å². The van der Waals surface area contributed by atoms with E-state index in [1.807, 2.05) is 0 Å². The summed E-state index contributed by atoms with van der Waals surface area (Å²) < 4.78 is 0.0855. The van der Waals surface area contributed by atoms with Crippen LogP contribution in [0.15, 0.2) is 10.1 Å². The number of hydrogen-bond donors (Lipinski definition) is 0. The molecule has 1 rings (SSSR count). The molecule has 0 aromatic heterocycles. The zero-order chi connectivity index (χ0) is 10.4. The van der Waals surface area contributed by atoms with Crippen LogP contribution in [0.2, 0.25) is 0 Å². The highest BCUT2D eigenvalue weighted by Gasteiger charge is 2.65. The molecule has 0 unspecified atom stereocenters. The van der Waals surface area contributed by atoms with E-state index in [1.54, 1.807) is 0 Å². The van der Waals surface area contributed by atoms with Gasteiger partial charge < -0.3 is 0 Å². The number of halogens is 6. The molecular weight excluding hydrogens is 319 g/mol. The van der Waals surface area contributed by atoms with Crippen LogP contribution in [0.1, 0.15) is 0 Å². The Balaban J connectivity index is 3.47. The molecule has 0 aromatic rings. The quantitative estimate of drug-likeness (QED) is 0.494. The smallest absolute Gasteiger partial charge is 0.0838 e. The maximum absolute atomic E-state index is 5.79. The molecule has 1 aliphatic carbocycles. The highest BCUT2D eigenvalue weighted by atomic mass is 35.5. The number of allylic oxidation sites excluding steroid dienone is 2. The van der Waals surface area contributed by atoms with Crippen molar-refractivity contribution in [2.45, 2.75) is 8.67 Å². The van der Waals surface area contributed by atoms with Gasteiger partial charge in [0.15, 0.2) is 0 Å². The van der Waals surface area contributed by atoms with Gasteiger partial charge in [-0.2, -0.15) is 0 Å². The van der Waals surface area contributed by atoms with E-state index >= 15 is 0 Å². The Kier molecular flexibility index (Phi) is 3.51. The van der Waals surface area contributed by atoms with Crippen molar-refractivity contribution in [2.24, 2.45) is 0 Å². The maximum atomic E-state index is 5.79. The Hall–Kier alpha value is 1.28. The van der Waals surface area contributed by atoms with Crippen LogP contribution < -0.4 is 4.04 Å². The summed E-state index contributed by atoms with van der Waals surface area (Å²) in [5.41, 5.74) is -0.0725. The Bertz CT molecular complexity index is 313. The molecule has 0 saturated carbocycles. The van der Waals surface area contributed by atoms with Gasteiger partial charge in [0.05, 0.1) is 10.1 Å². The van der Waals surface area contributed by atoms with Gasteiger partial charge in [-0.15, -0.1) is 0 Å². The second-order valence-corrected chi connectivity index (χ2v) is 5.81. The average molecular weight is 319 g/mol. The lowest BCUT2D eigenvalue weighted by molar-refractivity contribution is 1.28. The molecule has 72 valence electrons. The van der Waals surface area contributed by atoms with Crippen LogP contribution in [0, 0.1) is 0 Å². The minimum absolute atomic E-state index is 0.0725. The van der Waals surface area contributed by atoms with Gasteiger partial charge in [0.1, 0.15) is 0 Å². The van der Waals surface area contributed by atoms with E-state index in [-0.39, 0.29) is 15.8 Å². The molecule has 0 fully saturated rings. The number of hydrogen-bond acceptors (Lipinski definition) is 1. The van der Waals surface area contributed by atoms with Crippen molar-refractivity contribution >= 4 is 87.7 Å². The van der Waals surface area contributed by atoms with Crippen LogP contribution in [0.5, 0.6) is 0 Å². The Morgan fingerprint density at radius 3 is 1.38 bits per heavy atom. The largest absolute Gasteiger partial charge is 0.422 e. The summed E-state index contributed by atoms with van der Waals surface area (Å²) in [7, 11) is 0. The fourth-order valence-corrected chi connectivity index (χ4v) is 3.23. The number of rotatable bonds is 0. The molecule has 0 radical (unpaired) electrons. The van der Waals surface area contributed by atoms with Crippen LogP contribution in [-0.2, 0) is 12.4 Å². The molecule has 0 saturated heterocycles. The van der Waals surface area contributed by atoms with Crippen LogP contribution in [-0.4, -0.2) is 14.4 Å². The van der Waals surface area contributed by atoms with Crippen molar-refractivity contribution < 1.29 is 0 Å². The molecule has 13 heavy (non-hydrogen) atoms. The monoisotopic (exact) mass is 316 g/mol. The summed E-state index contributed by atoms with van der Waals surface area (Å²) in [5.74, 6) is 0. The third-order valence-electron chi connectivity index (χ3n) is 1.43. The van der Waals surface area contributed by atoms with Gasteiger partial charge >= 0.3 is 18.1 Å². The third kappa shape index (κ3) is 1.73. The lowest BCUT2D eigenvalue weighted by Crippen LogP contribution is -2.34. The van der Waals surface area contributed by atoms with E-state index in [0.717, 1.165) is 0 Å². The van der Waals surface area contributed by atoms with Crippen LogP contribution in [0.3, 0.4) is 0 Å². The highest BCUT2D eigenvalue weighted by Crippen LogP contribution is 2.54. The second-order valence-electron chi connectivity index (χ2n) is 2.22. The molecular formula is C5Cl6NS+. The van der Waals surface area contributed by atoms with Crippen LogP contribution in [0.25, 0.3) is 0 Å². The molecule has 8 heteroatoms. The first-order valence-electron chi connectivity index (χ1n) is 2.79.